The van der Waals surface area contributed by atoms with E-state index in [1.807, 2.05) is 19.1 Å². The van der Waals surface area contributed by atoms with Crippen molar-refractivity contribution in [3.05, 3.63) is 44.7 Å². The minimum atomic E-state index is -0.267. The molecule has 2 aromatic heterocycles. The smallest absolute Gasteiger partial charge is 0.267 e. The van der Waals surface area contributed by atoms with Gasteiger partial charge in [0.2, 0.25) is 0 Å². The molecule has 0 spiro atoms. The van der Waals surface area contributed by atoms with Gasteiger partial charge in [-0.1, -0.05) is 37.0 Å². The molecule has 2 aliphatic heterocycles. The Labute approximate surface area is 166 Å². The molecule has 2 aromatic rings. The Morgan fingerprint density at radius 3 is 2.70 bits per heavy atom. The molecule has 1 amide bonds. The molecule has 2 fully saturated rings. The second kappa shape index (κ2) is 7.09. The first-order valence-corrected chi connectivity index (χ1v) is 10.2. The Bertz CT molecular complexity index is 1040. The van der Waals surface area contributed by atoms with Gasteiger partial charge in [-0.3, -0.25) is 14.0 Å². The molecule has 0 aliphatic carbocycles. The molecule has 4 rings (SSSR count). The van der Waals surface area contributed by atoms with Crippen LogP contribution in [-0.2, 0) is 4.79 Å². The number of piperidine rings is 1. The number of pyridine rings is 1. The van der Waals surface area contributed by atoms with Gasteiger partial charge in [0.15, 0.2) is 0 Å². The molecule has 0 aromatic carbocycles. The second-order valence-corrected chi connectivity index (χ2v) is 8.83. The number of carbonyl (C=O) groups is 1. The standard InChI is InChI=1S/C19H20N4O2S2/c1-11-5-7-22(8-6-11)16-13(9-14-17(24)21-19(26)27-14)18(25)23-10-12(2)3-4-15(23)20-16/h3-4,9-11H,5-8H2,1-2H3,(H,21,24,26). The maximum Gasteiger partial charge on any atom is 0.267 e. The van der Waals surface area contributed by atoms with E-state index in [0.717, 1.165) is 31.5 Å². The average molecular weight is 401 g/mol. The normalized spacial score (nSPS) is 19.9. The molecule has 27 heavy (non-hydrogen) atoms. The first kappa shape index (κ1) is 18.2. The van der Waals surface area contributed by atoms with Crippen LogP contribution in [-0.4, -0.2) is 32.7 Å². The van der Waals surface area contributed by atoms with Crippen molar-refractivity contribution in [2.75, 3.05) is 18.0 Å². The number of thioether (sulfide) groups is 1. The number of fused-ring (bicyclic) bond motifs is 1. The summed E-state index contributed by atoms with van der Waals surface area (Å²) in [4.78, 5) is 32.7. The van der Waals surface area contributed by atoms with Crippen LogP contribution in [0.2, 0.25) is 0 Å². The molecule has 0 radical (unpaired) electrons. The summed E-state index contributed by atoms with van der Waals surface area (Å²) < 4.78 is 1.96. The molecular formula is C19H20N4O2S2. The summed E-state index contributed by atoms with van der Waals surface area (Å²) in [5.74, 6) is 1.05. The van der Waals surface area contributed by atoms with Crippen LogP contribution in [0.4, 0.5) is 5.82 Å². The van der Waals surface area contributed by atoms with E-state index in [-0.39, 0.29) is 11.5 Å². The number of thiocarbonyl (C=S) groups is 1. The van der Waals surface area contributed by atoms with Gasteiger partial charge < -0.3 is 10.2 Å². The first-order chi connectivity index (χ1) is 12.9. The van der Waals surface area contributed by atoms with E-state index in [0.29, 0.717) is 32.2 Å². The topological polar surface area (TPSA) is 66.7 Å². The molecule has 6 nitrogen and oxygen atoms in total. The number of anilines is 1. The third-order valence-corrected chi connectivity index (χ3v) is 6.15. The lowest BCUT2D eigenvalue weighted by molar-refractivity contribution is -0.115. The van der Waals surface area contributed by atoms with Gasteiger partial charge >= 0.3 is 0 Å². The van der Waals surface area contributed by atoms with Crippen LogP contribution in [0.5, 0.6) is 0 Å². The van der Waals surface area contributed by atoms with Gasteiger partial charge in [0.05, 0.1) is 10.5 Å². The third kappa shape index (κ3) is 3.51. The maximum atomic E-state index is 13.3. The Balaban J connectivity index is 1.90. The lowest BCUT2D eigenvalue weighted by Gasteiger charge is -2.32. The number of aryl methyl sites for hydroxylation is 1. The highest BCUT2D eigenvalue weighted by Crippen LogP contribution is 2.29. The van der Waals surface area contributed by atoms with Gasteiger partial charge in [-0.15, -0.1) is 0 Å². The van der Waals surface area contributed by atoms with Crippen molar-refractivity contribution in [3.8, 4) is 0 Å². The second-order valence-electron chi connectivity index (χ2n) is 7.11. The molecule has 2 aliphatic rings. The highest BCUT2D eigenvalue weighted by Gasteiger charge is 2.26. The fraction of sp³-hybridized carbons (Fsp3) is 0.368. The zero-order valence-corrected chi connectivity index (χ0v) is 16.8. The van der Waals surface area contributed by atoms with Crippen molar-refractivity contribution in [2.24, 2.45) is 5.92 Å². The van der Waals surface area contributed by atoms with Crippen molar-refractivity contribution >= 4 is 51.7 Å². The van der Waals surface area contributed by atoms with Crippen LogP contribution in [0.1, 0.15) is 30.9 Å². The zero-order valence-electron chi connectivity index (χ0n) is 15.2. The highest BCUT2D eigenvalue weighted by atomic mass is 32.2. The van der Waals surface area contributed by atoms with Gasteiger partial charge in [-0.25, -0.2) is 4.98 Å². The quantitative estimate of drug-likeness (QED) is 0.618. The Morgan fingerprint density at radius 2 is 2.04 bits per heavy atom. The van der Waals surface area contributed by atoms with Crippen LogP contribution in [0.25, 0.3) is 11.7 Å². The van der Waals surface area contributed by atoms with E-state index in [1.165, 1.54) is 11.8 Å². The summed E-state index contributed by atoms with van der Waals surface area (Å²) in [5.41, 5.74) is 1.85. The van der Waals surface area contributed by atoms with Gasteiger partial charge in [0.1, 0.15) is 15.8 Å². The fourth-order valence-corrected chi connectivity index (χ4v) is 4.41. The molecule has 2 saturated heterocycles. The van der Waals surface area contributed by atoms with Crippen LogP contribution < -0.4 is 15.8 Å². The Kier molecular flexibility index (Phi) is 4.77. The number of hydrogen-bond donors (Lipinski definition) is 1. The predicted molar refractivity (Wildman–Crippen MR) is 113 cm³/mol. The van der Waals surface area contributed by atoms with Crippen molar-refractivity contribution in [1.29, 1.82) is 0 Å². The largest absolute Gasteiger partial charge is 0.356 e. The monoisotopic (exact) mass is 400 g/mol. The van der Waals surface area contributed by atoms with Crippen molar-refractivity contribution in [1.82, 2.24) is 14.7 Å². The van der Waals surface area contributed by atoms with E-state index in [4.69, 9.17) is 17.2 Å². The number of carbonyl (C=O) groups excluding carboxylic acids is 1. The van der Waals surface area contributed by atoms with Crippen molar-refractivity contribution < 1.29 is 4.79 Å². The van der Waals surface area contributed by atoms with Crippen LogP contribution in [0.15, 0.2) is 28.0 Å². The van der Waals surface area contributed by atoms with Crippen molar-refractivity contribution in [3.63, 3.8) is 0 Å². The predicted octanol–water partition coefficient (Wildman–Crippen LogP) is 2.73. The van der Waals surface area contributed by atoms with Gasteiger partial charge in [0.25, 0.3) is 11.5 Å². The summed E-state index contributed by atoms with van der Waals surface area (Å²) in [6, 6.07) is 3.80. The van der Waals surface area contributed by atoms with E-state index in [2.05, 4.69) is 17.1 Å². The molecule has 4 heterocycles. The number of aromatic nitrogens is 2. The molecule has 8 heteroatoms. The summed E-state index contributed by atoms with van der Waals surface area (Å²) in [5, 5.41) is 2.60. The van der Waals surface area contributed by atoms with E-state index in [1.54, 1.807) is 16.7 Å². The summed E-state index contributed by atoms with van der Waals surface area (Å²) in [6.45, 7) is 5.88. The number of amides is 1. The number of hydrogen-bond acceptors (Lipinski definition) is 6. The summed E-state index contributed by atoms with van der Waals surface area (Å²) >= 11 is 6.25. The molecular weight excluding hydrogens is 380 g/mol. The Hall–Kier alpha value is -2.19. The average Bonchev–Trinajstić information content (AvgIpc) is 2.95. The molecule has 140 valence electrons. The van der Waals surface area contributed by atoms with Crippen LogP contribution in [0.3, 0.4) is 0 Å². The van der Waals surface area contributed by atoms with Gasteiger partial charge in [-0.2, -0.15) is 0 Å². The minimum absolute atomic E-state index is 0.170. The number of rotatable bonds is 2. The van der Waals surface area contributed by atoms with E-state index < -0.39 is 0 Å². The van der Waals surface area contributed by atoms with Gasteiger partial charge in [-0.05, 0) is 43.4 Å². The van der Waals surface area contributed by atoms with Crippen LogP contribution >= 0.6 is 24.0 Å². The number of nitrogens with zero attached hydrogens (tertiary/aromatic N) is 3. The molecule has 0 atom stereocenters. The zero-order chi connectivity index (χ0) is 19.1. The highest BCUT2D eigenvalue weighted by molar-refractivity contribution is 8.26. The maximum absolute atomic E-state index is 13.3. The summed E-state index contributed by atoms with van der Waals surface area (Å²) in [6.07, 6.45) is 5.53. The first-order valence-electron chi connectivity index (χ1n) is 8.95. The number of nitrogens with one attached hydrogen (secondary N) is 1. The third-order valence-electron chi connectivity index (χ3n) is 4.99. The SMILES string of the molecule is Cc1ccc2nc(N3CCC(C)CC3)c(C=C3SC(=S)NC3=O)c(=O)n2c1. The Morgan fingerprint density at radius 1 is 1.30 bits per heavy atom. The summed E-state index contributed by atoms with van der Waals surface area (Å²) in [7, 11) is 0. The lowest BCUT2D eigenvalue weighted by atomic mass is 9.99. The minimum Gasteiger partial charge on any atom is -0.356 e. The molecule has 1 N–H and O–H groups in total. The molecule has 0 saturated carbocycles. The van der Waals surface area contributed by atoms with Gasteiger partial charge in [0, 0.05) is 19.3 Å². The molecule has 0 unspecified atom stereocenters. The van der Waals surface area contributed by atoms with E-state index >= 15 is 0 Å². The van der Waals surface area contributed by atoms with Crippen molar-refractivity contribution in [2.45, 2.75) is 26.7 Å². The van der Waals surface area contributed by atoms with Crippen LogP contribution in [0, 0.1) is 12.8 Å². The van der Waals surface area contributed by atoms with E-state index in [9.17, 15) is 9.59 Å². The molecule has 0 bridgehead atoms. The fourth-order valence-electron chi connectivity index (χ4n) is 3.39. The lowest BCUT2D eigenvalue weighted by Crippen LogP contribution is -2.36.